The number of benzene rings is 2. The lowest BCUT2D eigenvalue weighted by Gasteiger charge is -2.25. The summed E-state index contributed by atoms with van der Waals surface area (Å²) in [5, 5.41) is 0. The molecule has 0 bridgehead atoms. The minimum Gasteiger partial charge on any atom is -0.489 e. The molecule has 3 rings (SSSR count). The first-order chi connectivity index (χ1) is 12.8. The molecule has 0 unspecified atom stereocenters. The highest BCUT2D eigenvalue weighted by Gasteiger charge is 2.11. The largest absolute Gasteiger partial charge is 0.489 e. The summed E-state index contributed by atoms with van der Waals surface area (Å²) >= 11 is 0. The number of rotatable bonds is 9. The number of nitrogens with zero attached hydrogens (tertiary/aromatic N) is 1. The van der Waals surface area contributed by atoms with Gasteiger partial charge in [0.15, 0.2) is 0 Å². The summed E-state index contributed by atoms with van der Waals surface area (Å²) in [4.78, 5) is 14.6. The second-order valence-corrected chi connectivity index (χ2v) is 7.11. The first-order valence-electron chi connectivity index (χ1n) is 9.79. The molecule has 26 heavy (non-hydrogen) atoms. The third-order valence-corrected chi connectivity index (χ3v) is 5.02. The average Bonchev–Trinajstić information content (AvgIpc) is 2.71. The lowest BCUT2D eigenvalue weighted by molar-refractivity contribution is -0.119. The first-order valence-corrected chi connectivity index (χ1v) is 9.79. The molecule has 0 saturated carbocycles. The fourth-order valence-corrected chi connectivity index (χ4v) is 3.37. The molecule has 0 N–H and O–H groups in total. The second-order valence-electron chi connectivity index (χ2n) is 7.11. The topological polar surface area (TPSA) is 29.5 Å². The van der Waals surface area contributed by atoms with Gasteiger partial charge in [-0.25, -0.2) is 0 Å². The maximum absolute atomic E-state index is 12.1. The van der Waals surface area contributed by atoms with Crippen LogP contribution >= 0.6 is 0 Å². The van der Waals surface area contributed by atoms with Crippen LogP contribution in [0, 0.1) is 0 Å². The van der Waals surface area contributed by atoms with Crippen LogP contribution < -0.4 is 4.74 Å². The van der Waals surface area contributed by atoms with E-state index in [0.29, 0.717) is 25.2 Å². The number of carbonyl (C=O) groups excluding carboxylic acids is 1. The number of likely N-dealkylation sites (tertiary alicyclic amines) is 1. The Hall–Kier alpha value is -2.13. The average molecular weight is 351 g/mol. The van der Waals surface area contributed by atoms with E-state index in [1.807, 2.05) is 30.3 Å². The van der Waals surface area contributed by atoms with Crippen LogP contribution in [0.5, 0.6) is 5.75 Å². The molecule has 2 aromatic carbocycles. The molecule has 1 aliphatic rings. The number of piperidine rings is 1. The molecule has 0 spiro atoms. The van der Waals surface area contributed by atoms with Crippen LogP contribution in [-0.2, 0) is 17.8 Å². The highest BCUT2D eigenvalue weighted by molar-refractivity contribution is 5.78. The Balaban J connectivity index is 1.36. The number of ketones is 1. The van der Waals surface area contributed by atoms with Crippen LogP contribution in [0.15, 0.2) is 54.6 Å². The lowest BCUT2D eigenvalue weighted by atomic mass is 10.1. The normalized spacial score (nSPS) is 14.9. The Labute approximate surface area is 157 Å². The Morgan fingerprint density at radius 3 is 2.31 bits per heavy atom. The summed E-state index contributed by atoms with van der Waals surface area (Å²) in [5.41, 5.74) is 2.36. The second kappa shape index (κ2) is 10.1. The molecule has 1 heterocycles. The molecular weight excluding hydrogens is 322 g/mol. The number of Topliss-reactive ketones (excluding diaryl/α,β-unsaturated/α-hetero) is 1. The first kappa shape index (κ1) is 18.7. The van der Waals surface area contributed by atoms with Crippen molar-refractivity contribution in [1.29, 1.82) is 0 Å². The summed E-state index contributed by atoms with van der Waals surface area (Å²) in [6, 6.07) is 18.3. The minimum atomic E-state index is 0.375. The van der Waals surface area contributed by atoms with Crippen LogP contribution in [0.1, 0.15) is 43.2 Å². The monoisotopic (exact) mass is 351 g/mol. The van der Waals surface area contributed by atoms with Crippen molar-refractivity contribution < 1.29 is 9.53 Å². The number of hydrogen-bond acceptors (Lipinski definition) is 3. The van der Waals surface area contributed by atoms with E-state index in [0.717, 1.165) is 37.4 Å². The van der Waals surface area contributed by atoms with Gasteiger partial charge in [0.2, 0.25) is 0 Å². The molecule has 3 heteroatoms. The molecule has 0 radical (unpaired) electrons. The quantitative estimate of drug-likeness (QED) is 0.659. The summed E-state index contributed by atoms with van der Waals surface area (Å²) < 4.78 is 5.81. The van der Waals surface area contributed by atoms with Gasteiger partial charge in [0.05, 0.1) is 0 Å². The number of aryl methyl sites for hydroxylation is 1. The van der Waals surface area contributed by atoms with Gasteiger partial charge in [0.1, 0.15) is 18.1 Å². The van der Waals surface area contributed by atoms with Gasteiger partial charge in [-0.15, -0.1) is 0 Å². The van der Waals surface area contributed by atoms with E-state index in [4.69, 9.17) is 4.74 Å². The van der Waals surface area contributed by atoms with E-state index < -0.39 is 0 Å². The predicted molar refractivity (Wildman–Crippen MR) is 105 cm³/mol. The van der Waals surface area contributed by atoms with Crippen molar-refractivity contribution in [3.63, 3.8) is 0 Å². The fourth-order valence-electron chi connectivity index (χ4n) is 3.37. The van der Waals surface area contributed by atoms with Crippen molar-refractivity contribution in [3.05, 3.63) is 65.7 Å². The molecule has 1 saturated heterocycles. The Bertz CT molecular complexity index is 660. The van der Waals surface area contributed by atoms with Crippen molar-refractivity contribution in [2.45, 2.75) is 45.1 Å². The van der Waals surface area contributed by atoms with Gasteiger partial charge in [-0.3, -0.25) is 4.79 Å². The van der Waals surface area contributed by atoms with Gasteiger partial charge >= 0.3 is 0 Å². The van der Waals surface area contributed by atoms with E-state index in [9.17, 15) is 4.79 Å². The standard InChI is InChI=1S/C23H29NO2/c25-22(15-18-24-16-5-2-6-17-24)12-9-20-10-13-23(14-11-20)26-19-21-7-3-1-4-8-21/h1,3-4,7-8,10-11,13-14H,2,5-6,9,12,15-19H2. The third kappa shape index (κ3) is 6.30. The lowest BCUT2D eigenvalue weighted by Crippen LogP contribution is -2.31. The van der Waals surface area contributed by atoms with E-state index in [1.54, 1.807) is 0 Å². The van der Waals surface area contributed by atoms with E-state index in [2.05, 4.69) is 29.2 Å². The highest BCUT2D eigenvalue weighted by atomic mass is 16.5. The predicted octanol–water partition coefficient (Wildman–Crippen LogP) is 4.64. The maximum Gasteiger partial charge on any atom is 0.134 e. The number of carbonyl (C=O) groups is 1. The van der Waals surface area contributed by atoms with Crippen LogP contribution in [0.3, 0.4) is 0 Å². The van der Waals surface area contributed by atoms with Crippen LogP contribution in [-0.4, -0.2) is 30.3 Å². The van der Waals surface area contributed by atoms with Gasteiger partial charge in [-0.1, -0.05) is 48.9 Å². The molecule has 1 aliphatic heterocycles. The number of hydrogen-bond donors (Lipinski definition) is 0. The van der Waals surface area contributed by atoms with Gasteiger partial charge in [-0.2, -0.15) is 0 Å². The van der Waals surface area contributed by atoms with E-state index in [1.165, 1.54) is 24.8 Å². The molecule has 0 atom stereocenters. The molecule has 2 aromatic rings. The molecule has 0 amide bonds. The van der Waals surface area contributed by atoms with Gasteiger partial charge in [-0.05, 0) is 55.6 Å². The van der Waals surface area contributed by atoms with Gasteiger partial charge in [0, 0.05) is 19.4 Å². The highest BCUT2D eigenvalue weighted by Crippen LogP contribution is 2.16. The Morgan fingerprint density at radius 1 is 0.846 bits per heavy atom. The smallest absolute Gasteiger partial charge is 0.134 e. The zero-order chi connectivity index (χ0) is 18.0. The molecule has 0 aliphatic carbocycles. The molecule has 1 fully saturated rings. The zero-order valence-electron chi connectivity index (χ0n) is 15.5. The van der Waals surface area contributed by atoms with Crippen LogP contribution in [0.2, 0.25) is 0 Å². The fraction of sp³-hybridized carbons (Fsp3) is 0.435. The summed E-state index contributed by atoms with van der Waals surface area (Å²) in [7, 11) is 0. The van der Waals surface area contributed by atoms with E-state index in [-0.39, 0.29) is 0 Å². The third-order valence-electron chi connectivity index (χ3n) is 5.02. The van der Waals surface area contributed by atoms with Crippen molar-refractivity contribution in [1.82, 2.24) is 4.90 Å². The van der Waals surface area contributed by atoms with Crippen molar-refractivity contribution in [3.8, 4) is 5.75 Å². The summed E-state index contributed by atoms with van der Waals surface area (Å²) in [5.74, 6) is 1.24. The minimum absolute atomic E-state index is 0.375. The van der Waals surface area contributed by atoms with Gasteiger partial charge < -0.3 is 9.64 Å². The molecule has 0 aromatic heterocycles. The van der Waals surface area contributed by atoms with Crippen LogP contribution in [0.25, 0.3) is 0 Å². The van der Waals surface area contributed by atoms with Crippen molar-refractivity contribution >= 4 is 5.78 Å². The van der Waals surface area contributed by atoms with Gasteiger partial charge in [0.25, 0.3) is 0 Å². The molecular formula is C23H29NO2. The molecule has 138 valence electrons. The van der Waals surface area contributed by atoms with Crippen LogP contribution in [0.4, 0.5) is 0 Å². The zero-order valence-corrected chi connectivity index (χ0v) is 15.5. The summed E-state index contributed by atoms with van der Waals surface area (Å²) in [6.07, 6.45) is 6.06. The Kier molecular flexibility index (Phi) is 7.26. The molecule has 3 nitrogen and oxygen atoms in total. The Morgan fingerprint density at radius 2 is 1.58 bits per heavy atom. The number of ether oxygens (including phenoxy) is 1. The summed E-state index contributed by atoms with van der Waals surface area (Å²) in [6.45, 7) is 3.84. The van der Waals surface area contributed by atoms with E-state index >= 15 is 0 Å². The SMILES string of the molecule is O=C(CCc1ccc(OCc2ccccc2)cc1)CCN1CCCCC1. The maximum atomic E-state index is 12.1. The van der Waals surface area contributed by atoms with Crippen molar-refractivity contribution in [2.75, 3.05) is 19.6 Å². The van der Waals surface area contributed by atoms with Crippen molar-refractivity contribution in [2.24, 2.45) is 0 Å².